The third-order valence-electron chi connectivity index (χ3n) is 4.24. The fourth-order valence-corrected chi connectivity index (χ4v) is 4.16. The van der Waals surface area contributed by atoms with Gasteiger partial charge in [0, 0.05) is 35.1 Å². The second-order valence-electron chi connectivity index (χ2n) is 5.91. The van der Waals surface area contributed by atoms with Gasteiger partial charge < -0.3 is 4.90 Å². The maximum atomic E-state index is 13.9. The van der Waals surface area contributed by atoms with Crippen LogP contribution >= 0.6 is 23.4 Å². The van der Waals surface area contributed by atoms with Crippen LogP contribution in [-0.2, 0) is 12.3 Å². The number of halogens is 2. The summed E-state index contributed by atoms with van der Waals surface area (Å²) in [5.41, 5.74) is 2.83. The van der Waals surface area contributed by atoms with Crippen molar-refractivity contribution in [3.05, 3.63) is 64.4 Å². The number of benzene rings is 2. The topological polar surface area (TPSA) is 34.0 Å². The number of thioether (sulfide) groups is 1. The Morgan fingerprint density at radius 1 is 1.12 bits per heavy atom. The van der Waals surface area contributed by atoms with Crippen LogP contribution in [0.5, 0.6) is 0 Å². The Morgan fingerprint density at radius 3 is 2.68 bits per heavy atom. The zero-order valence-corrected chi connectivity index (χ0v) is 15.2. The van der Waals surface area contributed by atoms with E-state index in [9.17, 15) is 4.39 Å². The Labute approximate surface area is 154 Å². The van der Waals surface area contributed by atoms with Gasteiger partial charge in [-0.05, 0) is 31.2 Å². The van der Waals surface area contributed by atoms with Crippen LogP contribution in [0.3, 0.4) is 0 Å². The molecule has 0 unspecified atom stereocenters. The van der Waals surface area contributed by atoms with E-state index >= 15 is 0 Å². The highest BCUT2D eigenvalue weighted by Crippen LogP contribution is 2.34. The Morgan fingerprint density at radius 2 is 1.92 bits per heavy atom. The lowest BCUT2D eigenvalue weighted by atomic mass is 10.2. The lowest BCUT2D eigenvalue weighted by molar-refractivity contribution is 0.617. The molecule has 1 aliphatic heterocycles. The summed E-state index contributed by atoms with van der Waals surface area (Å²) in [5, 5.41) is 9.82. The quantitative estimate of drug-likeness (QED) is 0.613. The second kappa shape index (κ2) is 6.69. The van der Waals surface area contributed by atoms with Crippen molar-refractivity contribution in [1.29, 1.82) is 0 Å². The standard InChI is InChI=1S/C18H16ClFN4S/c1-12-5-7-13(8-6-12)23-9-10-24-17(23)21-22-18(24)25-11-14-15(19)3-2-4-16(14)20/h2-8H,9-11H2,1H3. The molecule has 25 heavy (non-hydrogen) atoms. The van der Waals surface area contributed by atoms with E-state index in [2.05, 4.69) is 50.9 Å². The molecule has 0 spiro atoms. The fourth-order valence-electron chi connectivity index (χ4n) is 2.86. The number of fused-ring (bicyclic) bond motifs is 1. The molecule has 4 rings (SSSR count). The Kier molecular flexibility index (Phi) is 4.39. The maximum absolute atomic E-state index is 13.9. The predicted octanol–water partition coefficient (Wildman–Crippen LogP) is 4.82. The lowest BCUT2D eigenvalue weighted by Crippen LogP contribution is -2.14. The molecule has 0 fully saturated rings. The van der Waals surface area contributed by atoms with E-state index in [0.29, 0.717) is 16.3 Å². The molecular formula is C18H16ClFN4S. The molecule has 1 aromatic heterocycles. The van der Waals surface area contributed by atoms with Gasteiger partial charge in [-0.3, -0.25) is 4.57 Å². The molecule has 2 heterocycles. The van der Waals surface area contributed by atoms with Crippen LogP contribution < -0.4 is 4.90 Å². The molecule has 3 aromatic rings. The number of nitrogens with zero attached hydrogens (tertiary/aromatic N) is 4. The molecule has 0 saturated heterocycles. The van der Waals surface area contributed by atoms with Gasteiger partial charge in [0.25, 0.3) is 0 Å². The molecule has 1 aliphatic rings. The first-order chi connectivity index (χ1) is 12.1. The Balaban J connectivity index is 1.55. The van der Waals surface area contributed by atoms with Crippen molar-refractivity contribution >= 4 is 35.0 Å². The molecular weight excluding hydrogens is 359 g/mol. The van der Waals surface area contributed by atoms with E-state index < -0.39 is 0 Å². The maximum Gasteiger partial charge on any atom is 0.232 e. The molecule has 2 aromatic carbocycles. The van der Waals surface area contributed by atoms with E-state index in [1.807, 2.05) is 0 Å². The molecule has 0 saturated carbocycles. The van der Waals surface area contributed by atoms with E-state index in [-0.39, 0.29) is 5.82 Å². The first-order valence-corrected chi connectivity index (χ1v) is 9.33. The zero-order chi connectivity index (χ0) is 17.4. The average Bonchev–Trinajstić information content (AvgIpc) is 3.18. The van der Waals surface area contributed by atoms with E-state index in [1.165, 1.54) is 23.4 Å². The van der Waals surface area contributed by atoms with Gasteiger partial charge in [-0.1, -0.05) is 47.1 Å². The van der Waals surface area contributed by atoms with E-state index in [4.69, 9.17) is 11.6 Å². The first kappa shape index (κ1) is 16.4. The van der Waals surface area contributed by atoms with Crippen LogP contribution in [0.1, 0.15) is 11.1 Å². The van der Waals surface area contributed by atoms with Gasteiger partial charge in [0.2, 0.25) is 5.95 Å². The molecule has 0 aliphatic carbocycles. The number of hydrogen-bond donors (Lipinski definition) is 0. The van der Waals surface area contributed by atoms with Crippen LogP contribution in [0.15, 0.2) is 47.6 Å². The molecule has 0 atom stereocenters. The molecule has 0 amide bonds. The first-order valence-electron chi connectivity index (χ1n) is 7.96. The summed E-state index contributed by atoms with van der Waals surface area (Å²) in [6, 6.07) is 13.1. The third kappa shape index (κ3) is 3.12. The van der Waals surface area contributed by atoms with Gasteiger partial charge in [0.15, 0.2) is 5.16 Å². The largest absolute Gasteiger partial charge is 0.309 e. The molecule has 0 N–H and O–H groups in total. The van der Waals surface area contributed by atoms with Gasteiger partial charge in [-0.2, -0.15) is 0 Å². The van der Waals surface area contributed by atoms with Crippen LogP contribution in [0.4, 0.5) is 16.0 Å². The molecule has 0 radical (unpaired) electrons. The number of anilines is 2. The van der Waals surface area contributed by atoms with Crippen LogP contribution in [0.25, 0.3) is 0 Å². The average molecular weight is 375 g/mol. The summed E-state index contributed by atoms with van der Waals surface area (Å²) in [6.45, 7) is 3.73. The summed E-state index contributed by atoms with van der Waals surface area (Å²) in [4.78, 5) is 2.15. The van der Waals surface area contributed by atoms with Crippen molar-refractivity contribution in [2.75, 3.05) is 11.4 Å². The van der Waals surface area contributed by atoms with Gasteiger partial charge in [-0.25, -0.2) is 4.39 Å². The lowest BCUT2D eigenvalue weighted by Gasteiger charge is -2.15. The highest BCUT2D eigenvalue weighted by Gasteiger charge is 2.26. The fraction of sp³-hybridized carbons (Fsp3) is 0.222. The van der Waals surface area contributed by atoms with Crippen molar-refractivity contribution in [3.63, 3.8) is 0 Å². The smallest absolute Gasteiger partial charge is 0.232 e. The van der Waals surface area contributed by atoms with Crippen molar-refractivity contribution in [3.8, 4) is 0 Å². The molecule has 128 valence electrons. The highest BCUT2D eigenvalue weighted by molar-refractivity contribution is 7.98. The summed E-state index contributed by atoms with van der Waals surface area (Å²) >= 11 is 7.55. The summed E-state index contributed by atoms with van der Waals surface area (Å²) in [6.07, 6.45) is 0. The minimum atomic E-state index is -0.289. The monoisotopic (exact) mass is 374 g/mol. The number of hydrogen-bond acceptors (Lipinski definition) is 4. The van der Waals surface area contributed by atoms with Gasteiger partial charge >= 0.3 is 0 Å². The van der Waals surface area contributed by atoms with Gasteiger partial charge in [0.05, 0.1) is 0 Å². The summed E-state index contributed by atoms with van der Waals surface area (Å²) in [5.74, 6) is 0.960. The highest BCUT2D eigenvalue weighted by atomic mass is 35.5. The summed E-state index contributed by atoms with van der Waals surface area (Å²) in [7, 11) is 0. The van der Waals surface area contributed by atoms with Crippen molar-refractivity contribution in [2.45, 2.75) is 24.4 Å². The van der Waals surface area contributed by atoms with Crippen LogP contribution in [-0.4, -0.2) is 21.3 Å². The molecule has 4 nitrogen and oxygen atoms in total. The third-order valence-corrected chi connectivity index (χ3v) is 5.59. The predicted molar refractivity (Wildman–Crippen MR) is 99.2 cm³/mol. The second-order valence-corrected chi connectivity index (χ2v) is 7.26. The minimum Gasteiger partial charge on any atom is -0.309 e. The zero-order valence-electron chi connectivity index (χ0n) is 13.6. The van der Waals surface area contributed by atoms with Crippen LogP contribution in [0.2, 0.25) is 5.02 Å². The van der Waals surface area contributed by atoms with E-state index in [0.717, 1.165) is 29.9 Å². The minimum absolute atomic E-state index is 0.289. The number of aromatic nitrogens is 3. The van der Waals surface area contributed by atoms with Gasteiger partial charge in [0.1, 0.15) is 5.82 Å². The number of rotatable bonds is 4. The van der Waals surface area contributed by atoms with E-state index in [1.54, 1.807) is 12.1 Å². The Bertz CT molecular complexity index is 890. The van der Waals surface area contributed by atoms with Crippen molar-refractivity contribution < 1.29 is 4.39 Å². The number of aryl methyl sites for hydroxylation is 1. The van der Waals surface area contributed by atoms with Crippen molar-refractivity contribution in [1.82, 2.24) is 14.8 Å². The SMILES string of the molecule is Cc1ccc(N2CCn3c(SCc4c(F)cccc4Cl)nnc32)cc1. The summed E-state index contributed by atoms with van der Waals surface area (Å²) < 4.78 is 16.0. The van der Waals surface area contributed by atoms with Crippen LogP contribution in [0, 0.1) is 12.7 Å². The molecule has 0 bridgehead atoms. The molecule has 7 heteroatoms. The normalized spacial score (nSPS) is 13.3. The Hall–Kier alpha value is -2.05. The van der Waals surface area contributed by atoms with Gasteiger partial charge in [-0.15, -0.1) is 10.2 Å². The van der Waals surface area contributed by atoms with Crippen molar-refractivity contribution in [2.24, 2.45) is 0 Å².